The molecule has 0 aliphatic carbocycles. The molecule has 0 aliphatic heterocycles. The van der Waals surface area contributed by atoms with Gasteiger partial charge in [0.2, 0.25) is 0 Å². The third-order valence-electron chi connectivity index (χ3n) is 3.61. The van der Waals surface area contributed by atoms with Gasteiger partial charge in [-0.15, -0.1) is 0 Å². The number of nitrogens with one attached hydrogen (secondary N) is 1. The number of amides is 1. The van der Waals surface area contributed by atoms with E-state index >= 15 is 0 Å². The SMILES string of the molecule is [B]c1ncc(NC(=O)C(C)(O)CS(=O)(=O)c2ccc(F)cc2)cc1C(F)(F)F. The van der Waals surface area contributed by atoms with Crippen LogP contribution in [0.25, 0.3) is 0 Å². The predicted octanol–water partition coefficient (Wildman–Crippen LogP) is 1.20. The summed E-state index contributed by atoms with van der Waals surface area (Å²) >= 11 is 0. The van der Waals surface area contributed by atoms with Crippen molar-refractivity contribution in [2.24, 2.45) is 0 Å². The van der Waals surface area contributed by atoms with E-state index in [0.717, 1.165) is 37.4 Å². The molecule has 0 saturated heterocycles. The lowest BCUT2D eigenvalue weighted by atomic mass is 9.97. The molecule has 2 rings (SSSR count). The van der Waals surface area contributed by atoms with E-state index in [2.05, 4.69) is 4.98 Å². The number of alkyl halides is 3. The molecule has 12 heteroatoms. The average Bonchev–Trinajstić information content (AvgIpc) is 2.55. The molecular formula is C16H13BF4N2O4S. The quantitative estimate of drug-likeness (QED) is 0.434. The summed E-state index contributed by atoms with van der Waals surface area (Å²) in [5.41, 5.74) is -5.06. The van der Waals surface area contributed by atoms with Crippen LogP contribution in [-0.4, -0.2) is 43.6 Å². The average molecular weight is 416 g/mol. The normalized spacial score (nSPS) is 14.4. The Balaban J connectivity index is 2.22. The molecule has 1 amide bonds. The van der Waals surface area contributed by atoms with Crippen molar-refractivity contribution >= 4 is 34.9 Å². The molecule has 0 spiro atoms. The van der Waals surface area contributed by atoms with Gasteiger partial charge < -0.3 is 10.4 Å². The molecule has 0 saturated carbocycles. The van der Waals surface area contributed by atoms with Gasteiger partial charge in [0.1, 0.15) is 13.7 Å². The van der Waals surface area contributed by atoms with E-state index in [9.17, 15) is 35.9 Å². The molecular weight excluding hydrogens is 403 g/mol. The van der Waals surface area contributed by atoms with Gasteiger partial charge in [-0.3, -0.25) is 9.78 Å². The van der Waals surface area contributed by atoms with Gasteiger partial charge in [0.05, 0.1) is 21.9 Å². The molecule has 1 atom stereocenters. The van der Waals surface area contributed by atoms with Crippen molar-refractivity contribution in [2.75, 3.05) is 11.1 Å². The van der Waals surface area contributed by atoms with Crippen molar-refractivity contribution in [2.45, 2.75) is 23.6 Å². The zero-order chi connectivity index (χ0) is 21.3. The smallest absolute Gasteiger partial charge is 0.379 e. The van der Waals surface area contributed by atoms with Crippen molar-refractivity contribution < 1.29 is 35.9 Å². The van der Waals surface area contributed by atoms with Gasteiger partial charge in [-0.1, -0.05) is 0 Å². The number of anilines is 1. The summed E-state index contributed by atoms with van der Waals surface area (Å²) in [7, 11) is 0.948. The Morgan fingerprint density at radius 3 is 2.36 bits per heavy atom. The van der Waals surface area contributed by atoms with Gasteiger partial charge in [0, 0.05) is 6.20 Å². The fourth-order valence-electron chi connectivity index (χ4n) is 2.20. The van der Waals surface area contributed by atoms with Gasteiger partial charge in [0.15, 0.2) is 15.4 Å². The molecule has 6 nitrogen and oxygen atoms in total. The first-order valence-corrected chi connectivity index (χ1v) is 9.22. The van der Waals surface area contributed by atoms with Crippen LogP contribution in [0.1, 0.15) is 12.5 Å². The molecule has 148 valence electrons. The summed E-state index contributed by atoms with van der Waals surface area (Å²) in [4.78, 5) is 15.2. The minimum atomic E-state index is -4.83. The zero-order valence-electron chi connectivity index (χ0n) is 14.3. The number of carbonyl (C=O) groups is 1. The third-order valence-corrected chi connectivity index (χ3v) is 5.55. The number of benzene rings is 1. The molecule has 2 N–H and O–H groups in total. The topological polar surface area (TPSA) is 96.4 Å². The highest BCUT2D eigenvalue weighted by molar-refractivity contribution is 7.91. The molecule has 2 radical (unpaired) electrons. The number of nitrogens with zero attached hydrogens (tertiary/aromatic N) is 1. The summed E-state index contributed by atoms with van der Waals surface area (Å²) in [6.45, 7) is 0.874. The van der Waals surface area contributed by atoms with Gasteiger partial charge in [-0.2, -0.15) is 13.2 Å². The van der Waals surface area contributed by atoms with Gasteiger partial charge in [-0.05, 0) is 42.8 Å². The largest absolute Gasteiger partial charge is 0.417 e. The molecule has 0 fully saturated rings. The van der Waals surface area contributed by atoms with Crippen LogP contribution in [0.2, 0.25) is 0 Å². The maximum absolute atomic E-state index is 12.9. The number of halogens is 4. The van der Waals surface area contributed by atoms with Gasteiger partial charge in [-0.25, -0.2) is 12.8 Å². The number of rotatable bonds is 5. The number of hydrogen-bond acceptors (Lipinski definition) is 5. The van der Waals surface area contributed by atoms with Crippen molar-refractivity contribution in [1.82, 2.24) is 4.98 Å². The number of carbonyl (C=O) groups excluding carboxylic acids is 1. The van der Waals surface area contributed by atoms with Crippen LogP contribution in [0.3, 0.4) is 0 Å². The van der Waals surface area contributed by atoms with Crippen LogP contribution in [0.5, 0.6) is 0 Å². The van der Waals surface area contributed by atoms with Crippen LogP contribution >= 0.6 is 0 Å². The first kappa shape index (κ1) is 21.8. The second-order valence-corrected chi connectivity index (χ2v) is 8.09. The van der Waals surface area contributed by atoms with Crippen molar-refractivity contribution in [1.29, 1.82) is 0 Å². The van der Waals surface area contributed by atoms with Crippen molar-refractivity contribution in [3.05, 3.63) is 47.9 Å². The van der Waals surface area contributed by atoms with E-state index in [1.165, 1.54) is 0 Å². The fraction of sp³-hybridized carbons (Fsp3) is 0.250. The zero-order valence-corrected chi connectivity index (χ0v) is 15.1. The number of aromatic nitrogens is 1. The van der Waals surface area contributed by atoms with Gasteiger partial charge in [0.25, 0.3) is 5.91 Å². The highest BCUT2D eigenvalue weighted by Gasteiger charge is 2.38. The second-order valence-electron chi connectivity index (χ2n) is 6.10. The summed E-state index contributed by atoms with van der Waals surface area (Å²) in [5.74, 6) is -3.05. The number of sulfone groups is 1. The monoisotopic (exact) mass is 416 g/mol. The van der Waals surface area contributed by atoms with E-state index < -0.39 is 55.9 Å². The molecule has 1 aromatic carbocycles. The lowest BCUT2D eigenvalue weighted by Gasteiger charge is -2.22. The second kappa shape index (κ2) is 7.51. The highest BCUT2D eigenvalue weighted by Crippen LogP contribution is 2.29. The van der Waals surface area contributed by atoms with E-state index in [0.29, 0.717) is 6.07 Å². The standard InChI is InChI=1S/C16H13BF4N2O4S/c1-15(25,8-28(26,27)11-4-2-9(18)3-5-11)14(24)23-10-6-12(16(19,20)21)13(17)22-7-10/h2-7,25H,8H2,1H3,(H,23,24). The Hall–Kier alpha value is -2.47. The summed E-state index contributed by atoms with van der Waals surface area (Å²) < 4.78 is 76.1. The third kappa shape index (κ3) is 5.07. The first-order valence-electron chi connectivity index (χ1n) is 7.57. The van der Waals surface area contributed by atoms with Crippen molar-refractivity contribution in [3.63, 3.8) is 0 Å². The fourth-order valence-corrected chi connectivity index (χ4v) is 3.79. The molecule has 1 aromatic heterocycles. The van der Waals surface area contributed by atoms with Gasteiger partial charge >= 0.3 is 6.18 Å². The molecule has 0 aliphatic rings. The Morgan fingerprint density at radius 2 is 1.82 bits per heavy atom. The van der Waals surface area contributed by atoms with Crippen LogP contribution in [-0.2, 0) is 20.8 Å². The molecule has 1 unspecified atom stereocenters. The first-order chi connectivity index (χ1) is 12.7. The minimum absolute atomic E-state index is 0.338. The lowest BCUT2D eigenvalue weighted by Crippen LogP contribution is -2.46. The van der Waals surface area contributed by atoms with E-state index in [1.54, 1.807) is 0 Å². The van der Waals surface area contributed by atoms with Crippen LogP contribution in [0.4, 0.5) is 23.2 Å². The van der Waals surface area contributed by atoms with E-state index in [1.807, 2.05) is 5.32 Å². The molecule has 1 heterocycles. The predicted molar refractivity (Wildman–Crippen MR) is 92.3 cm³/mol. The maximum atomic E-state index is 12.9. The number of aliphatic hydroxyl groups is 1. The van der Waals surface area contributed by atoms with E-state index in [-0.39, 0.29) is 4.90 Å². The summed E-state index contributed by atoms with van der Waals surface area (Å²) in [5, 5.41) is 12.2. The van der Waals surface area contributed by atoms with Crippen molar-refractivity contribution in [3.8, 4) is 0 Å². The Kier molecular flexibility index (Phi) is 5.86. The molecule has 28 heavy (non-hydrogen) atoms. The summed E-state index contributed by atoms with van der Waals surface area (Å²) in [6.07, 6.45) is -4.00. The van der Waals surface area contributed by atoms with Crippen LogP contribution in [0.15, 0.2) is 41.4 Å². The van der Waals surface area contributed by atoms with Crippen LogP contribution in [0, 0.1) is 5.82 Å². The molecule has 2 aromatic rings. The summed E-state index contributed by atoms with van der Waals surface area (Å²) in [6, 6.07) is 4.20. The Bertz CT molecular complexity index is 993. The maximum Gasteiger partial charge on any atom is 0.417 e. The lowest BCUT2D eigenvalue weighted by molar-refractivity contribution is -0.137. The highest BCUT2D eigenvalue weighted by atomic mass is 32.2. The molecule has 0 bridgehead atoms. The number of hydrogen-bond donors (Lipinski definition) is 2. The van der Waals surface area contributed by atoms with E-state index in [4.69, 9.17) is 7.85 Å². The number of pyridine rings is 1. The minimum Gasteiger partial charge on any atom is -0.379 e. The van der Waals surface area contributed by atoms with Crippen LogP contribution < -0.4 is 10.9 Å². The Morgan fingerprint density at radius 1 is 1.25 bits per heavy atom. The Labute approximate surface area is 158 Å².